The lowest BCUT2D eigenvalue weighted by atomic mass is 10.3. The van der Waals surface area contributed by atoms with E-state index in [2.05, 4.69) is 5.10 Å². The van der Waals surface area contributed by atoms with Crippen molar-refractivity contribution in [3.05, 3.63) is 51.5 Å². The molecule has 0 aliphatic carbocycles. The third-order valence-electron chi connectivity index (χ3n) is 1.89. The van der Waals surface area contributed by atoms with Gasteiger partial charge in [-0.3, -0.25) is 10.1 Å². The van der Waals surface area contributed by atoms with E-state index in [0.717, 1.165) is 12.1 Å². The van der Waals surface area contributed by atoms with Crippen LogP contribution < -0.4 is 0 Å². The van der Waals surface area contributed by atoms with E-state index < -0.39 is 10.7 Å². The maximum absolute atomic E-state index is 13.1. The molecule has 1 heterocycles. The van der Waals surface area contributed by atoms with E-state index in [1.807, 2.05) is 0 Å². The third kappa shape index (κ3) is 2.01. The topological polar surface area (TPSA) is 61.0 Å². The van der Waals surface area contributed by atoms with Crippen molar-refractivity contribution >= 4 is 17.3 Å². The second-order valence-electron chi connectivity index (χ2n) is 3.03. The highest BCUT2D eigenvalue weighted by Gasteiger charge is 2.11. The molecule has 0 saturated heterocycles. The minimum Gasteiger partial charge on any atom is -0.258 e. The maximum Gasteiger partial charge on any atom is 0.274 e. The normalized spacial score (nSPS) is 10.4. The highest BCUT2D eigenvalue weighted by Crippen LogP contribution is 2.20. The van der Waals surface area contributed by atoms with Gasteiger partial charge in [0, 0.05) is 18.3 Å². The van der Waals surface area contributed by atoms with E-state index in [0.29, 0.717) is 5.02 Å². The summed E-state index contributed by atoms with van der Waals surface area (Å²) in [5.41, 5.74) is -0.0831. The molecule has 7 heteroatoms. The third-order valence-corrected chi connectivity index (χ3v) is 2.09. The quantitative estimate of drug-likeness (QED) is 0.600. The van der Waals surface area contributed by atoms with Gasteiger partial charge in [-0.1, -0.05) is 11.6 Å². The van der Waals surface area contributed by atoms with Gasteiger partial charge in [0.2, 0.25) is 0 Å². The number of halogens is 2. The van der Waals surface area contributed by atoms with Crippen LogP contribution in [0.2, 0.25) is 5.02 Å². The van der Waals surface area contributed by atoms with E-state index >= 15 is 0 Å². The maximum atomic E-state index is 13.1. The van der Waals surface area contributed by atoms with Crippen LogP contribution in [0, 0.1) is 15.9 Å². The van der Waals surface area contributed by atoms with E-state index in [-0.39, 0.29) is 11.4 Å². The predicted molar refractivity (Wildman–Crippen MR) is 55.2 cm³/mol. The van der Waals surface area contributed by atoms with Gasteiger partial charge in [-0.2, -0.15) is 5.10 Å². The first kappa shape index (κ1) is 10.6. The van der Waals surface area contributed by atoms with Gasteiger partial charge in [-0.15, -0.1) is 0 Å². The molecular weight excluding hydrogens is 237 g/mol. The molecule has 5 nitrogen and oxygen atoms in total. The van der Waals surface area contributed by atoms with Crippen molar-refractivity contribution in [2.75, 3.05) is 0 Å². The highest BCUT2D eigenvalue weighted by atomic mass is 35.5. The zero-order valence-electron chi connectivity index (χ0n) is 7.80. The molecule has 16 heavy (non-hydrogen) atoms. The van der Waals surface area contributed by atoms with Crippen LogP contribution in [0.3, 0.4) is 0 Å². The standard InChI is InChI=1S/C9H5ClFN3O2/c10-6-4-12-13(5-6)8-1-7(11)2-9(3-8)14(15)16/h1-5H. The minimum atomic E-state index is -0.698. The summed E-state index contributed by atoms with van der Waals surface area (Å²) in [7, 11) is 0. The lowest BCUT2D eigenvalue weighted by Crippen LogP contribution is -1.97. The molecule has 0 N–H and O–H groups in total. The number of hydrogen-bond donors (Lipinski definition) is 0. The van der Waals surface area contributed by atoms with Crippen LogP contribution in [0.4, 0.5) is 10.1 Å². The summed E-state index contributed by atoms with van der Waals surface area (Å²) < 4.78 is 14.4. The van der Waals surface area contributed by atoms with Crippen LogP contribution in [-0.2, 0) is 0 Å². The highest BCUT2D eigenvalue weighted by molar-refractivity contribution is 6.30. The Hall–Kier alpha value is -1.95. The number of non-ortho nitro benzene ring substituents is 1. The van der Waals surface area contributed by atoms with Crippen molar-refractivity contribution in [1.29, 1.82) is 0 Å². The Balaban J connectivity index is 2.53. The molecule has 1 aromatic heterocycles. The van der Waals surface area contributed by atoms with Crippen molar-refractivity contribution in [1.82, 2.24) is 9.78 Å². The van der Waals surface area contributed by atoms with Crippen molar-refractivity contribution in [2.45, 2.75) is 0 Å². The monoisotopic (exact) mass is 241 g/mol. The summed E-state index contributed by atoms with van der Waals surface area (Å²) >= 11 is 5.64. The van der Waals surface area contributed by atoms with Crippen LogP contribution in [0.5, 0.6) is 0 Å². The molecule has 0 aliphatic rings. The number of aromatic nitrogens is 2. The fraction of sp³-hybridized carbons (Fsp3) is 0. The van der Waals surface area contributed by atoms with Crippen LogP contribution in [0.25, 0.3) is 5.69 Å². The summed E-state index contributed by atoms with van der Waals surface area (Å²) in [6.07, 6.45) is 2.79. The van der Waals surface area contributed by atoms with Crippen molar-refractivity contribution < 1.29 is 9.31 Å². The molecule has 2 rings (SSSR count). The Morgan fingerprint density at radius 3 is 2.75 bits per heavy atom. The molecule has 0 unspecified atom stereocenters. The Labute approximate surface area is 94.2 Å². The summed E-state index contributed by atoms with van der Waals surface area (Å²) in [5.74, 6) is -0.698. The number of hydrogen-bond acceptors (Lipinski definition) is 3. The Kier molecular flexibility index (Phi) is 2.57. The van der Waals surface area contributed by atoms with Gasteiger partial charge in [0.05, 0.1) is 27.9 Å². The van der Waals surface area contributed by atoms with Gasteiger partial charge in [-0.25, -0.2) is 9.07 Å². The van der Waals surface area contributed by atoms with E-state index in [4.69, 9.17) is 11.6 Å². The van der Waals surface area contributed by atoms with Gasteiger partial charge in [-0.05, 0) is 0 Å². The molecule has 1 aromatic carbocycles. The average molecular weight is 242 g/mol. The molecule has 0 atom stereocenters. The Morgan fingerprint density at radius 2 is 2.19 bits per heavy atom. The number of benzene rings is 1. The van der Waals surface area contributed by atoms with Gasteiger partial charge >= 0.3 is 0 Å². The van der Waals surface area contributed by atoms with Crippen LogP contribution in [0.15, 0.2) is 30.6 Å². The Morgan fingerprint density at radius 1 is 1.44 bits per heavy atom. The summed E-state index contributed by atoms with van der Waals surface area (Å²) in [6, 6.07) is 3.19. The summed E-state index contributed by atoms with van der Waals surface area (Å²) in [5, 5.41) is 14.7. The van der Waals surface area contributed by atoms with Crippen LogP contribution >= 0.6 is 11.6 Å². The Bertz CT molecular complexity index is 555. The fourth-order valence-corrected chi connectivity index (χ4v) is 1.37. The van der Waals surface area contributed by atoms with Gasteiger partial charge in [0.25, 0.3) is 5.69 Å². The van der Waals surface area contributed by atoms with E-state index in [9.17, 15) is 14.5 Å². The predicted octanol–water partition coefficient (Wildman–Crippen LogP) is 2.57. The zero-order valence-corrected chi connectivity index (χ0v) is 8.56. The number of nitro groups is 1. The van der Waals surface area contributed by atoms with E-state index in [1.54, 1.807) is 0 Å². The zero-order chi connectivity index (χ0) is 11.7. The van der Waals surface area contributed by atoms with Gasteiger partial charge in [0.15, 0.2) is 0 Å². The van der Waals surface area contributed by atoms with Crippen LogP contribution in [0.1, 0.15) is 0 Å². The average Bonchev–Trinajstić information content (AvgIpc) is 2.64. The molecule has 0 amide bonds. The molecule has 0 fully saturated rings. The lowest BCUT2D eigenvalue weighted by molar-refractivity contribution is -0.385. The second-order valence-corrected chi connectivity index (χ2v) is 3.46. The minimum absolute atomic E-state index is 0.249. The first-order valence-corrected chi connectivity index (χ1v) is 4.59. The molecule has 0 spiro atoms. The van der Waals surface area contributed by atoms with Crippen molar-refractivity contribution in [3.63, 3.8) is 0 Å². The summed E-state index contributed by atoms with van der Waals surface area (Å²) in [6.45, 7) is 0. The first-order chi connectivity index (χ1) is 7.56. The summed E-state index contributed by atoms with van der Waals surface area (Å²) in [4.78, 5) is 9.86. The largest absolute Gasteiger partial charge is 0.274 e. The number of rotatable bonds is 2. The second kappa shape index (κ2) is 3.90. The molecule has 82 valence electrons. The fourth-order valence-electron chi connectivity index (χ4n) is 1.24. The molecule has 0 bridgehead atoms. The van der Waals surface area contributed by atoms with Crippen LogP contribution in [-0.4, -0.2) is 14.7 Å². The molecule has 0 saturated carbocycles. The SMILES string of the molecule is O=[N+]([O-])c1cc(F)cc(-n2cc(Cl)cn2)c1. The number of nitrogens with zero attached hydrogens (tertiary/aromatic N) is 3. The molecule has 0 radical (unpaired) electrons. The van der Waals surface area contributed by atoms with E-state index in [1.165, 1.54) is 23.1 Å². The molecular formula is C9H5ClFN3O2. The first-order valence-electron chi connectivity index (χ1n) is 4.22. The van der Waals surface area contributed by atoms with Crippen molar-refractivity contribution in [3.8, 4) is 5.69 Å². The molecule has 2 aromatic rings. The van der Waals surface area contributed by atoms with Gasteiger partial charge < -0.3 is 0 Å². The number of nitro benzene ring substituents is 1. The molecule has 0 aliphatic heterocycles. The van der Waals surface area contributed by atoms with Crippen molar-refractivity contribution in [2.24, 2.45) is 0 Å². The smallest absolute Gasteiger partial charge is 0.258 e. The lowest BCUT2D eigenvalue weighted by Gasteiger charge is -2.01. The van der Waals surface area contributed by atoms with Gasteiger partial charge in [0.1, 0.15) is 5.82 Å².